The zero-order valence-electron chi connectivity index (χ0n) is 14.5. The van der Waals surface area contributed by atoms with Gasteiger partial charge in [0, 0.05) is 24.4 Å². The van der Waals surface area contributed by atoms with Crippen molar-refractivity contribution in [2.24, 2.45) is 17.3 Å². The summed E-state index contributed by atoms with van der Waals surface area (Å²) in [5.41, 5.74) is -0.0929. The van der Waals surface area contributed by atoms with E-state index in [0.29, 0.717) is 12.3 Å². The number of hydrogen-bond acceptors (Lipinski definition) is 2. The van der Waals surface area contributed by atoms with Gasteiger partial charge in [-0.05, 0) is 44.4 Å². The molecular weight excluding hydrogens is 264 g/mol. The first-order valence-corrected chi connectivity index (χ1v) is 8.32. The molecule has 0 aromatic rings. The lowest BCUT2D eigenvalue weighted by atomic mass is 9.53. The van der Waals surface area contributed by atoms with Crippen molar-refractivity contribution in [1.82, 2.24) is 10.6 Å². The number of nitrogens with one attached hydrogen (secondary N) is 2. The van der Waals surface area contributed by atoms with E-state index in [1.54, 1.807) is 0 Å². The Morgan fingerprint density at radius 3 is 2.10 bits per heavy atom. The van der Waals surface area contributed by atoms with Crippen molar-refractivity contribution in [2.75, 3.05) is 0 Å². The van der Waals surface area contributed by atoms with Crippen LogP contribution in [0, 0.1) is 17.3 Å². The summed E-state index contributed by atoms with van der Waals surface area (Å²) in [6.07, 6.45) is 3.24. The van der Waals surface area contributed by atoms with E-state index in [9.17, 15) is 9.59 Å². The highest BCUT2D eigenvalue weighted by Crippen LogP contribution is 2.52. The molecule has 1 rings (SSSR count). The first-order chi connectivity index (χ1) is 9.72. The molecule has 2 N–H and O–H groups in total. The molecule has 0 aromatic heterocycles. The largest absolute Gasteiger partial charge is 0.354 e. The van der Waals surface area contributed by atoms with Crippen molar-refractivity contribution >= 4 is 11.8 Å². The van der Waals surface area contributed by atoms with Crippen LogP contribution < -0.4 is 10.6 Å². The number of carbonyl (C=O) groups excluding carboxylic acids is 2. The maximum absolute atomic E-state index is 12.3. The summed E-state index contributed by atoms with van der Waals surface area (Å²) in [6, 6.07) is 0.450. The molecule has 4 atom stereocenters. The van der Waals surface area contributed by atoms with E-state index in [4.69, 9.17) is 0 Å². The molecule has 0 heterocycles. The topological polar surface area (TPSA) is 58.2 Å². The molecule has 0 aliphatic heterocycles. The highest BCUT2D eigenvalue weighted by Gasteiger charge is 2.52. The van der Waals surface area contributed by atoms with Crippen LogP contribution in [0.5, 0.6) is 0 Å². The van der Waals surface area contributed by atoms with E-state index in [1.807, 2.05) is 13.8 Å². The summed E-state index contributed by atoms with van der Waals surface area (Å²) in [5, 5.41) is 6.08. The summed E-state index contributed by atoms with van der Waals surface area (Å²) in [6.45, 7) is 12.4. The lowest BCUT2D eigenvalue weighted by Crippen LogP contribution is -2.54. The van der Waals surface area contributed by atoms with Gasteiger partial charge in [-0.25, -0.2) is 0 Å². The van der Waals surface area contributed by atoms with Crippen LogP contribution in [-0.4, -0.2) is 23.9 Å². The van der Waals surface area contributed by atoms with Crippen molar-refractivity contribution in [1.29, 1.82) is 0 Å². The van der Waals surface area contributed by atoms with Gasteiger partial charge in [0.1, 0.15) is 0 Å². The molecule has 4 heteroatoms. The minimum atomic E-state index is -0.0929. The molecule has 0 saturated heterocycles. The molecule has 1 fully saturated rings. The summed E-state index contributed by atoms with van der Waals surface area (Å²) in [4.78, 5) is 24.2. The van der Waals surface area contributed by atoms with E-state index in [1.165, 1.54) is 0 Å². The van der Waals surface area contributed by atoms with Crippen LogP contribution in [0.2, 0.25) is 0 Å². The quantitative estimate of drug-likeness (QED) is 0.759. The summed E-state index contributed by atoms with van der Waals surface area (Å²) < 4.78 is 0. The van der Waals surface area contributed by atoms with E-state index in [0.717, 1.165) is 19.3 Å². The van der Waals surface area contributed by atoms with Gasteiger partial charge in [-0.3, -0.25) is 9.59 Å². The molecule has 0 radical (unpaired) electrons. The first-order valence-electron chi connectivity index (χ1n) is 8.32. The molecule has 1 saturated carbocycles. The highest BCUT2D eigenvalue weighted by atomic mass is 16.2. The Labute approximate surface area is 129 Å². The third-order valence-corrected chi connectivity index (χ3v) is 5.24. The third kappa shape index (κ3) is 4.45. The van der Waals surface area contributed by atoms with Crippen molar-refractivity contribution in [3.8, 4) is 0 Å². The van der Waals surface area contributed by atoms with Gasteiger partial charge in [0.05, 0.1) is 0 Å². The average Bonchev–Trinajstić information content (AvgIpc) is 2.42. The van der Waals surface area contributed by atoms with Crippen molar-refractivity contribution in [3.05, 3.63) is 0 Å². The molecule has 21 heavy (non-hydrogen) atoms. The molecule has 0 spiro atoms. The van der Waals surface area contributed by atoms with Crippen LogP contribution in [0.1, 0.15) is 67.2 Å². The van der Waals surface area contributed by atoms with Gasteiger partial charge >= 0.3 is 0 Å². The van der Waals surface area contributed by atoms with Gasteiger partial charge in [-0.2, -0.15) is 0 Å². The first kappa shape index (κ1) is 18.0. The standard InChI is InChI=1S/C17H32N2O2/c1-7-11(3)18-15(20)10-13-9-14(17(13,5)6)16(21)19-12(4)8-2/h11-14H,7-10H2,1-6H3,(H,18,20)(H,19,21)/t11-,12+,13-,14-/m0/s1. The van der Waals surface area contributed by atoms with E-state index in [-0.39, 0.29) is 35.2 Å². The minimum Gasteiger partial charge on any atom is -0.354 e. The van der Waals surface area contributed by atoms with Crippen LogP contribution in [0.25, 0.3) is 0 Å². The van der Waals surface area contributed by atoms with Crippen LogP contribution in [0.3, 0.4) is 0 Å². The second-order valence-electron chi connectivity index (χ2n) is 7.21. The van der Waals surface area contributed by atoms with Crippen molar-refractivity contribution in [3.63, 3.8) is 0 Å². The molecule has 2 amide bonds. The number of carbonyl (C=O) groups is 2. The monoisotopic (exact) mass is 296 g/mol. The molecule has 0 aromatic carbocycles. The Morgan fingerprint density at radius 2 is 1.62 bits per heavy atom. The number of amides is 2. The molecule has 1 aliphatic carbocycles. The van der Waals surface area contributed by atoms with Crippen LogP contribution in [0.15, 0.2) is 0 Å². The fourth-order valence-electron chi connectivity index (χ4n) is 2.91. The zero-order chi connectivity index (χ0) is 16.2. The summed E-state index contributed by atoms with van der Waals surface area (Å²) in [5.74, 6) is 0.596. The Morgan fingerprint density at radius 1 is 1.10 bits per heavy atom. The Balaban J connectivity index is 2.49. The highest BCUT2D eigenvalue weighted by molar-refractivity contribution is 5.82. The van der Waals surface area contributed by atoms with E-state index < -0.39 is 0 Å². The average molecular weight is 296 g/mol. The van der Waals surface area contributed by atoms with Gasteiger partial charge in [0.2, 0.25) is 11.8 Å². The Bertz CT molecular complexity index is 379. The molecule has 122 valence electrons. The maximum atomic E-state index is 12.3. The van der Waals surface area contributed by atoms with E-state index >= 15 is 0 Å². The molecule has 0 bridgehead atoms. The molecular formula is C17H32N2O2. The van der Waals surface area contributed by atoms with Crippen molar-refractivity contribution < 1.29 is 9.59 Å². The molecule has 4 nitrogen and oxygen atoms in total. The van der Waals surface area contributed by atoms with Gasteiger partial charge in [0.15, 0.2) is 0 Å². The lowest BCUT2D eigenvalue weighted by Gasteiger charge is -2.51. The lowest BCUT2D eigenvalue weighted by molar-refractivity contribution is -0.145. The fourth-order valence-corrected chi connectivity index (χ4v) is 2.91. The normalized spacial score (nSPS) is 26.4. The van der Waals surface area contributed by atoms with Gasteiger partial charge in [0.25, 0.3) is 0 Å². The number of hydrogen-bond donors (Lipinski definition) is 2. The zero-order valence-corrected chi connectivity index (χ0v) is 14.5. The SMILES string of the molecule is CC[C@@H](C)NC(=O)[C@@H]1C[C@@H](CC(=O)N[C@@H](C)CC)C1(C)C. The second-order valence-corrected chi connectivity index (χ2v) is 7.21. The van der Waals surface area contributed by atoms with Crippen molar-refractivity contribution in [2.45, 2.75) is 79.3 Å². The smallest absolute Gasteiger partial charge is 0.223 e. The van der Waals surface area contributed by atoms with Gasteiger partial charge in [-0.1, -0.05) is 27.7 Å². The van der Waals surface area contributed by atoms with Crippen LogP contribution >= 0.6 is 0 Å². The van der Waals surface area contributed by atoms with Gasteiger partial charge in [-0.15, -0.1) is 0 Å². The minimum absolute atomic E-state index is 0.0351. The van der Waals surface area contributed by atoms with Crippen LogP contribution in [0.4, 0.5) is 0 Å². The summed E-state index contributed by atoms with van der Waals surface area (Å²) in [7, 11) is 0. The third-order valence-electron chi connectivity index (χ3n) is 5.24. The van der Waals surface area contributed by atoms with Crippen LogP contribution in [-0.2, 0) is 9.59 Å². The predicted molar refractivity (Wildman–Crippen MR) is 85.8 cm³/mol. The maximum Gasteiger partial charge on any atom is 0.223 e. The molecule has 1 aliphatic rings. The molecule has 0 unspecified atom stereocenters. The van der Waals surface area contributed by atoms with Gasteiger partial charge < -0.3 is 10.6 Å². The second kappa shape index (κ2) is 7.28. The predicted octanol–water partition coefficient (Wildman–Crippen LogP) is 2.87. The fraction of sp³-hybridized carbons (Fsp3) is 0.882. The summed E-state index contributed by atoms with van der Waals surface area (Å²) >= 11 is 0. The Hall–Kier alpha value is -1.06. The number of rotatable bonds is 7. The van der Waals surface area contributed by atoms with E-state index in [2.05, 4.69) is 38.3 Å². The Kier molecular flexibility index (Phi) is 6.24.